The third-order valence-corrected chi connectivity index (χ3v) is 1.91. The molecule has 0 aliphatic heterocycles. The third-order valence-electron chi connectivity index (χ3n) is 1.91. The molecular weight excluding hydrogens is 217 g/mol. The minimum absolute atomic E-state index is 0.207. The first-order chi connectivity index (χ1) is 7.65. The van der Waals surface area contributed by atoms with Crippen LogP contribution in [-0.2, 0) is 16.1 Å². The molecule has 0 bridgehead atoms. The molecule has 0 saturated heterocycles. The van der Waals surface area contributed by atoms with Crippen LogP contribution in [0.4, 0.5) is 10.1 Å². The fourth-order valence-corrected chi connectivity index (χ4v) is 1.12. The summed E-state index contributed by atoms with van der Waals surface area (Å²) in [5.41, 5.74) is 0.0276. The molecule has 0 N–H and O–H groups in total. The number of hydrogen-bond donors (Lipinski definition) is 0. The van der Waals surface area contributed by atoms with Crippen molar-refractivity contribution in [3.63, 3.8) is 0 Å². The van der Waals surface area contributed by atoms with Crippen LogP contribution in [-0.4, -0.2) is 25.2 Å². The van der Waals surface area contributed by atoms with Crippen molar-refractivity contribution in [2.75, 3.05) is 20.3 Å². The van der Waals surface area contributed by atoms with Crippen molar-refractivity contribution in [3.8, 4) is 0 Å². The predicted octanol–water partition coefficient (Wildman–Crippen LogP) is 1.90. The van der Waals surface area contributed by atoms with Crippen LogP contribution in [0, 0.1) is 15.9 Å². The van der Waals surface area contributed by atoms with Crippen LogP contribution in [0.1, 0.15) is 5.56 Å². The molecule has 0 fully saturated rings. The average molecular weight is 229 g/mol. The maximum atomic E-state index is 13.2. The summed E-state index contributed by atoms with van der Waals surface area (Å²) in [4.78, 5) is 9.59. The minimum atomic E-state index is -0.849. The van der Waals surface area contributed by atoms with Crippen LogP contribution in [0.3, 0.4) is 0 Å². The molecule has 5 nitrogen and oxygen atoms in total. The Morgan fingerprint density at radius 1 is 1.44 bits per heavy atom. The normalized spacial score (nSPS) is 10.4. The molecule has 0 atom stereocenters. The lowest BCUT2D eigenvalue weighted by Gasteiger charge is -2.03. The van der Waals surface area contributed by atoms with Gasteiger partial charge in [0.2, 0.25) is 5.82 Å². The standard InChI is InChI=1S/C10H12FNO4/c1-15-4-5-16-7-8-2-3-10(12(13)14)9(11)6-8/h2-3,6H,4-5,7H2,1H3. The summed E-state index contributed by atoms with van der Waals surface area (Å²) in [7, 11) is 1.55. The van der Waals surface area contributed by atoms with E-state index in [4.69, 9.17) is 9.47 Å². The van der Waals surface area contributed by atoms with E-state index in [-0.39, 0.29) is 6.61 Å². The molecule has 0 spiro atoms. The average Bonchev–Trinajstić information content (AvgIpc) is 2.24. The number of halogens is 1. The van der Waals surface area contributed by atoms with Gasteiger partial charge in [0.05, 0.1) is 24.7 Å². The fraction of sp³-hybridized carbons (Fsp3) is 0.400. The van der Waals surface area contributed by atoms with Crippen molar-refractivity contribution >= 4 is 5.69 Å². The lowest BCUT2D eigenvalue weighted by molar-refractivity contribution is -0.387. The number of methoxy groups -OCH3 is 1. The van der Waals surface area contributed by atoms with Crippen LogP contribution >= 0.6 is 0 Å². The van der Waals surface area contributed by atoms with Crippen molar-refractivity contribution in [1.82, 2.24) is 0 Å². The zero-order valence-electron chi connectivity index (χ0n) is 8.81. The number of nitro benzene ring substituents is 1. The van der Waals surface area contributed by atoms with Gasteiger partial charge in [-0.15, -0.1) is 0 Å². The maximum absolute atomic E-state index is 13.2. The van der Waals surface area contributed by atoms with E-state index >= 15 is 0 Å². The molecule has 1 aromatic rings. The molecule has 0 heterocycles. The van der Waals surface area contributed by atoms with Crippen LogP contribution in [0.5, 0.6) is 0 Å². The zero-order chi connectivity index (χ0) is 12.0. The summed E-state index contributed by atoms with van der Waals surface area (Å²) in [6, 6.07) is 3.70. The summed E-state index contributed by atoms with van der Waals surface area (Å²) in [6.45, 7) is 1.06. The van der Waals surface area contributed by atoms with Gasteiger partial charge in [-0.25, -0.2) is 0 Å². The molecule has 1 rings (SSSR count). The topological polar surface area (TPSA) is 61.6 Å². The van der Waals surface area contributed by atoms with Crippen LogP contribution in [0.2, 0.25) is 0 Å². The number of ether oxygens (including phenoxy) is 2. The molecule has 0 amide bonds. The predicted molar refractivity (Wildman–Crippen MR) is 54.6 cm³/mol. The van der Waals surface area contributed by atoms with Crippen molar-refractivity contribution in [2.45, 2.75) is 6.61 Å². The summed E-state index contributed by atoms with van der Waals surface area (Å²) in [5.74, 6) is -0.849. The first kappa shape index (κ1) is 12.5. The van der Waals surface area contributed by atoms with Gasteiger partial charge in [0.15, 0.2) is 0 Å². The van der Waals surface area contributed by atoms with Gasteiger partial charge in [0.1, 0.15) is 0 Å². The Kier molecular flexibility index (Phi) is 4.81. The Morgan fingerprint density at radius 2 is 2.19 bits per heavy atom. The molecule has 0 radical (unpaired) electrons. The van der Waals surface area contributed by atoms with Gasteiger partial charge < -0.3 is 9.47 Å². The molecule has 6 heteroatoms. The highest BCUT2D eigenvalue weighted by atomic mass is 19.1. The molecular formula is C10H12FNO4. The second-order valence-corrected chi connectivity index (χ2v) is 3.09. The van der Waals surface area contributed by atoms with Gasteiger partial charge in [-0.2, -0.15) is 4.39 Å². The van der Waals surface area contributed by atoms with E-state index in [0.717, 1.165) is 12.1 Å². The Morgan fingerprint density at radius 3 is 2.75 bits per heavy atom. The maximum Gasteiger partial charge on any atom is 0.304 e. The molecule has 0 saturated carbocycles. The third kappa shape index (κ3) is 3.56. The van der Waals surface area contributed by atoms with Gasteiger partial charge in [0.25, 0.3) is 0 Å². The number of nitrogens with zero attached hydrogens (tertiary/aromatic N) is 1. The smallest absolute Gasteiger partial charge is 0.304 e. The Hall–Kier alpha value is -1.53. The summed E-state index contributed by atoms with van der Waals surface area (Å²) < 4.78 is 23.1. The quantitative estimate of drug-likeness (QED) is 0.424. The van der Waals surface area contributed by atoms with Crippen molar-refractivity contribution in [1.29, 1.82) is 0 Å². The molecule has 0 unspecified atom stereocenters. The van der Waals surface area contributed by atoms with E-state index in [1.54, 1.807) is 7.11 Å². The largest absolute Gasteiger partial charge is 0.382 e. The van der Waals surface area contributed by atoms with Gasteiger partial charge in [-0.3, -0.25) is 10.1 Å². The van der Waals surface area contributed by atoms with Crippen molar-refractivity contribution in [2.24, 2.45) is 0 Å². The zero-order valence-corrected chi connectivity index (χ0v) is 8.81. The number of benzene rings is 1. The van der Waals surface area contributed by atoms with Gasteiger partial charge >= 0.3 is 5.69 Å². The highest BCUT2D eigenvalue weighted by molar-refractivity contribution is 5.34. The Labute approximate surface area is 91.9 Å². The number of hydrogen-bond acceptors (Lipinski definition) is 4. The van der Waals surface area contributed by atoms with Crippen molar-refractivity contribution < 1.29 is 18.8 Å². The van der Waals surface area contributed by atoms with Crippen molar-refractivity contribution in [3.05, 3.63) is 39.7 Å². The first-order valence-electron chi connectivity index (χ1n) is 4.64. The summed E-state index contributed by atoms with van der Waals surface area (Å²) in [5, 5.41) is 10.4. The number of rotatable bonds is 6. The van der Waals surface area contributed by atoms with E-state index in [9.17, 15) is 14.5 Å². The van der Waals surface area contributed by atoms with E-state index in [0.29, 0.717) is 18.8 Å². The molecule has 0 aliphatic rings. The Bertz CT molecular complexity index is 370. The lowest BCUT2D eigenvalue weighted by Crippen LogP contribution is -2.02. The van der Waals surface area contributed by atoms with Gasteiger partial charge in [-0.05, 0) is 17.7 Å². The highest BCUT2D eigenvalue weighted by Crippen LogP contribution is 2.18. The lowest BCUT2D eigenvalue weighted by atomic mass is 10.2. The van der Waals surface area contributed by atoms with Crippen LogP contribution in [0.25, 0.3) is 0 Å². The van der Waals surface area contributed by atoms with Gasteiger partial charge in [-0.1, -0.05) is 0 Å². The van der Waals surface area contributed by atoms with Crippen LogP contribution < -0.4 is 0 Å². The summed E-state index contributed by atoms with van der Waals surface area (Å²) >= 11 is 0. The number of nitro groups is 1. The monoisotopic (exact) mass is 229 g/mol. The highest BCUT2D eigenvalue weighted by Gasteiger charge is 2.13. The molecule has 16 heavy (non-hydrogen) atoms. The van der Waals surface area contributed by atoms with E-state index < -0.39 is 16.4 Å². The fourth-order valence-electron chi connectivity index (χ4n) is 1.12. The van der Waals surface area contributed by atoms with E-state index in [1.165, 1.54) is 6.07 Å². The molecule has 0 aliphatic carbocycles. The Balaban J connectivity index is 2.56. The molecule has 88 valence electrons. The minimum Gasteiger partial charge on any atom is -0.382 e. The van der Waals surface area contributed by atoms with Crippen LogP contribution in [0.15, 0.2) is 18.2 Å². The molecule has 0 aromatic heterocycles. The second-order valence-electron chi connectivity index (χ2n) is 3.09. The SMILES string of the molecule is COCCOCc1ccc([N+](=O)[O-])c(F)c1. The first-order valence-corrected chi connectivity index (χ1v) is 4.64. The molecule has 1 aromatic carbocycles. The van der Waals surface area contributed by atoms with E-state index in [2.05, 4.69) is 0 Å². The van der Waals surface area contributed by atoms with E-state index in [1.807, 2.05) is 0 Å². The summed E-state index contributed by atoms with van der Waals surface area (Å²) in [6.07, 6.45) is 0. The van der Waals surface area contributed by atoms with Gasteiger partial charge in [0, 0.05) is 13.2 Å². The second kappa shape index (κ2) is 6.14.